The van der Waals surface area contributed by atoms with Crippen LogP contribution in [0.5, 0.6) is 0 Å². The number of likely N-dealkylation sites (tertiary alicyclic amines) is 1. The minimum atomic E-state index is -0.269. The molecule has 0 saturated carbocycles. The zero-order chi connectivity index (χ0) is 14.4. The lowest BCUT2D eigenvalue weighted by atomic mass is 10.2. The van der Waals surface area contributed by atoms with Crippen LogP contribution in [0.4, 0.5) is 5.69 Å². The fourth-order valence-electron chi connectivity index (χ4n) is 2.08. The average Bonchev–Trinajstić information content (AvgIpc) is 2.98. The first-order valence-corrected chi connectivity index (χ1v) is 6.74. The van der Waals surface area contributed by atoms with Crippen LogP contribution in [0.15, 0.2) is 30.3 Å². The van der Waals surface area contributed by atoms with Crippen molar-refractivity contribution < 1.29 is 9.59 Å². The predicted molar refractivity (Wildman–Crippen MR) is 78.7 cm³/mol. The van der Waals surface area contributed by atoms with Gasteiger partial charge in [-0.2, -0.15) is 0 Å². The van der Waals surface area contributed by atoms with Crippen molar-refractivity contribution >= 4 is 23.6 Å². The third kappa shape index (κ3) is 4.12. The number of benzene rings is 1. The quantitative estimate of drug-likeness (QED) is 0.635. The Balaban J connectivity index is 1.77. The van der Waals surface area contributed by atoms with Crippen LogP contribution in [-0.2, 0) is 9.59 Å². The van der Waals surface area contributed by atoms with Gasteiger partial charge in [0, 0.05) is 24.9 Å². The van der Waals surface area contributed by atoms with Crippen LogP contribution in [0.1, 0.15) is 18.4 Å². The highest BCUT2D eigenvalue weighted by molar-refractivity contribution is 5.94. The van der Waals surface area contributed by atoms with E-state index in [2.05, 4.69) is 5.32 Å². The van der Waals surface area contributed by atoms with Crippen molar-refractivity contribution in [1.82, 2.24) is 10.2 Å². The molecule has 106 valence electrons. The van der Waals surface area contributed by atoms with E-state index in [9.17, 15) is 9.59 Å². The van der Waals surface area contributed by atoms with E-state index >= 15 is 0 Å². The number of hydrogen-bond donors (Lipinski definition) is 2. The highest BCUT2D eigenvalue weighted by Crippen LogP contribution is 2.07. The Hall–Kier alpha value is -2.30. The molecule has 1 aliphatic heterocycles. The largest absolute Gasteiger partial charge is 0.399 e. The van der Waals surface area contributed by atoms with Gasteiger partial charge in [-0.3, -0.25) is 9.59 Å². The molecule has 1 fully saturated rings. The second-order valence-corrected chi connectivity index (χ2v) is 4.81. The number of amides is 2. The van der Waals surface area contributed by atoms with Crippen LogP contribution in [0.3, 0.4) is 0 Å². The molecule has 5 heteroatoms. The number of nitrogen functional groups attached to an aromatic ring is 1. The molecule has 0 unspecified atom stereocenters. The summed E-state index contributed by atoms with van der Waals surface area (Å²) < 4.78 is 0. The number of hydrogen-bond acceptors (Lipinski definition) is 3. The number of rotatable bonds is 4. The Kier molecular flexibility index (Phi) is 4.76. The first-order valence-electron chi connectivity index (χ1n) is 6.74. The Morgan fingerprint density at radius 3 is 2.50 bits per heavy atom. The van der Waals surface area contributed by atoms with E-state index in [-0.39, 0.29) is 18.4 Å². The van der Waals surface area contributed by atoms with Gasteiger partial charge in [0.05, 0.1) is 6.54 Å². The van der Waals surface area contributed by atoms with Gasteiger partial charge >= 0.3 is 0 Å². The second kappa shape index (κ2) is 6.75. The SMILES string of the molecule is Nc1ccc(/C=C/C(=O)NCC(=O)N2CCCC2)cc1. The van der Waals surface area contributed by atoms with Crippen molar-refractivity contribution in [3.05, 3.63) is 35.9 Å². The first kappa shape index (κ1) is 14.1. The van der Waals surface area contributed by atoms with Gasteiger partial charge in [-0.1, -0.05) is 12.1 Å². The van der Waals surface area contributed by atoms with Crippen LogP contribution >= 0.6 is 0 Å². The van der Waals surface area contributed by atoms with Crippen LogP contribution in [0.2, 0.25) is 0 Å². The van der Waals surface area contributed by atoms with Crippen molar-refractivity contribution in [2.75, 3.05) is 25.4 Å². The average molecular weight is 273 g/mol. The number of carbonyl (C=O) groups is 2. The normalized spacial score (nSPS) is 14.7. The fourth-order valence-corrected chi connectivity index (χ4v) is 2.08. The molecule has 0 atom stereocenters. The number of anilines is 1. The van der Waals surface area contributed by atoms with Crippen LogP contribution in [0.25, 0.3) is 6.08 Å². The summed E-state index contributed by atoms with van der Waals surface area (Å²) in [6.45, 7) is 1.66. The van der Waals surface area contributed by atoms with Gasteiger partial charge in [0.25, 0.3) is 0 Å². The standard InChI is InChI=1S/C15H19N3O2/c16-13-6-3-12(4-7-13)5-8-14(19)17-11-15(20)18-9-1-2-10-18/h3-8H,1-2,9-11,16H2,(H,17,19)/b8-5+. The molecule has 0 spiro atoms. The van der Waals surface area contributed by atoms with Gasteiger partial charge in [0.1, 0.15) is 0 Å². The highest BCUT2D eigenvalue weighted by Gasteiger charge is 2.17. The topological polar surface area (TPSA) is 75.4 Å². The van der Waals surface area contributed by atoms with Crippen LogP contribution in [0, 0.1) is 0 Å². The molecule has 0 bridgehead atoms. The molecule has 0 aromatic heterocycles. The maximum absolute atomic E-state index is 11.7. The molecule has 1 aromatic rings. The highest BCUT2D eigenvalue weighted by atomic mass is 16.2. The van der Waals surface area contributed by atoms with E-state index in [1.54, 1.807) is 23.1 Å². The molecule has 2 rings (SSSR count). The lowest BCUT2D eigenvalue weighted by Gasteiger charge is -2.14. The van der Waals surface area contributed by atoms with Crippen molar-refractivity contribution in [2.45, 2.75) is 12.8 Å². The van der Waals surface area contributed by atoms with E-state index in [0.29, 0.717) is 5.69 Å². The maximum Gasteiger partial charge on any atom is 0.244 e. The van der Waals surface area contributed by atoms with E-state index in [0.717, 1.165) is 31.5 Å². The molecule has 0 aliphatic carbocycles. The van der Waals surface area contributed by atoms with Gasteiger partial charge in [-0.25, -0.2) is 0 Å². The summed E-state index contributed by atoms with van der Waals surface area (Å²) in [5.41, 5.74) is 7.15. The van der Waals surface area contributed by atoms with Crippen molar-refractivity contribution in [3.8, 4) is 0 Å². The molecular formula is C15H19N3O2. The van der Waals surface area contributed by atoms with Crippen molar-refractivity contribution in [1.29, 1.82) is 0 Å². The summed E-state index contributed by atoms with van der Waals surface area (Å²) in [6, 6.07) is 7.20. The Morgan fingerprint density at radius 2 is 1.85 bits per heavy atom. The smallest absolute Gasteiger partial charge is 0.244 e. The molecule has 3 N–H and O–H groups in total. The monoisotopic (exact) mass is 273 g/mol. The maximum atomic E-state index is 11.7. The van der Waals surface area contributed by atoms with Gasteiger partial charge in [-0.15, -0.1) is 0 Å². The molecule has 5 nitrogen and oxygen atoms in total. The number of nitrogens with one attached hydrogen (secondary N) is 1. The third-order valence-corrected chi connectivity index (χ3v) is 3.24. The number of nitrogens with two attached hydrogens (primary N) is 1. The Morgan fingerprint density at radius 1 is 1.20 bits per heavy atom. The van der Waals surface area contributed by atoms with E-state index in [1.807, 2.05) is 12.1 Å². The minimum absolute atomic E-state index is 0.0169. The van der Waals surface area contributed by atoms with Gasteiger partial charge in [-0.05, 0) is 36.6 Å². The molecule has 2 amide bonds. The zero-order valence-electron chi connectivity index (χ0n) is 11.3. The molecule has 1 aromatic carbocycles. The third-order valence-electron chi connectivity index (χ3n) is 3.24. The summed E-state index contributed by atoms with van der Waals surface area (Å²) in [5, 5.41) is 2.60. The minimum Gasteiger partial charge on any atom is -0.399 e. The molecule has 1 aliphatic rings. The predicted octanol–water partition coefficient (Wildman–Crippen LogP) is 1.02. The molecule has 0 radical (unpaired) electrons. The lowest BCUT2D eigenvalue weighted by molar-refractivity contribution is -0.131. The Bertz CT molecular complexity index is 502. The summed E-state index contributed by atoms with van der Waals surface area (Å²) in [6.07, 6.45) is 5.21. The number of carbonyl (C=O) groups excluding carboxylic acids is 2. The first-order chi connectivity index (χ1) is 9.65. The van der Waals surface area contributed by atoms with E-state index in [1.165, 1.54) is 6.08 Å². The zero-order valence-corrected chi connectivity index (χ0v) is 11.3. The van der Waals surface area contributed by atoms with Crippen LogP contribution in [-0.4, -0.2) is 36.3 Å². The van der Waals surface area contributed by atoms with Gasteiger partial charge < -0.3 is 16.0 Å². The molecule has 20 heavy (non-hydrogen) atoms. The summed E-state index contributed by atoms with van der Waals surface area (Å²) in [7, 11) is 0. The Labute approximate surface area is 118 Å². The molecule has 1 heterocycles. The van der Waals surface area contributed by atoms with Gasteiger partial charge in [0.2, 0.25) is 11.8 Å². The van der Waals surface area contributed by atoms with Crippen LogP contribution < -0.4 is 11.1 Å². The van der Waals surface area contributed by atoms with Gasteiger partial charge in [0.15, 0.2) is 0 Å². The van der Waals surface area contributed by atoms with Crippen molar-refractivity contribution in [3.63, 3.8) is 0 Å². The summed E-state index contributed by atoms with van der Waals surface area (Å²) in [4.78, 5) is 25.1. The molecule has 1 saturated heterocycles. The number of nitrogens with zero attached hydrogens (tertiary/aromatic N) is 1. The van der Waals surface area contributed by atoms with E-state index < -0.39 is 0 Å². The van der Waals surface area contributed by atoms with Crippen molar-refractivity contribution in [2.24, 2.45) is 0 Å². The lowest BCUT2D eigenvalue weighted by Crippen LogP contribution is -2.38. The fraction of sp³-hybridized carbons (Fsp3) is 0.333. The summed E-state index contributed by atoms with van der Waals surface area (Å²) >= 11 is 0. The summed E-state index contributed by atoms with van der Waals surface area (Å²) in [5.74, 6) is -0.286. The second-order valence-electron chi connectivity index (χ2n) is 4.81. The van der Waals surface area contributed by atoms with E-state index in [4.69, 9.17) is 5.73 Å². The molecular weight excluding hydrogens is 254 g/mol.